The van der Waals surface area contributed by atoms with E-state index in [0.29, 0.717) is 24.6 Å². The molecule has 0 aliphatic heterocycles. The van der Waals surface area contributed by atoms with Gasteiger partial charge in [-0.3, -0.25) is 5.32 Å². The molecule has 0 spiro atoms. The molecule has 0 aliphatic rings. The monoisotopic (exact) mass is 372 g/mol. The maximum Gasteiger partial charge on any atom is 0.335 e. The maximum atomic E-state index is 11.9. The van der Waals surface area contributed by atoms with Crippen LogP contribution in [0.25, 0.3) is 0 Å². The smallest absolute Gasteiger partial charge is 0.335 e. The summed E-state index contributed by atoms with van der Waals surface area (Å²) in [7, 11) is -3.89. The molecule has 10 heteroatoms. The maximum absolute atomic E-state index is 11.9. The second-order valence-electron chi connectivity index (χ2n) is 4.96. The molecule has 0 fully saturated rings. The number of urea groups is 1. The number of amides is 2. The van der Waals surface area contributed by atoms with E-state index in [4.69, 9.17) is 9.47 Å². The molecule has 25 heavy (non-hydrogen) atoms. The first-order chi connectivity index (χ1) is 11.7. The van der Waals surface area contributed by atoms with E-state index in [-0.39, 0.29) is 10.9 Å². The Morgan fingerprint density at radius 1 is 1.28 bits per heavy atom. The van der Waals surface area contributed by atoms with Crippen LogP contribution in [-0.2, 0) is 19.5 Å². The zero-order valence-electron chi connectivity index (χ0n) is 15.0. The van der Waals surface area contributed by atoms with Gasteiger partial charge in [0.15, 0.2) is 0 Å². The molecule has 2 N–H and O–H groups in total. The van der Waals surface area contributed by atoms with Crippen LogP contribution in [0, 0.1) is 6.92 Å². The zero-order chi connectivity index (χ0) is 19.0. The summed E-state index contributed by atoms with van der Waals surface area (Å²) in [5, 5.41) is 2.31. The molecular formula is C15H24N4O5S. The molecule has 1 heterocycles. The van der Waals surface area contributed by atoms with Gasteiger partial charge < -0.3 is 9.47 Å². The van der Waals surface area contributed by atoms with Crippen LogP contribution >= 0.6 is 0 Å². The Kier molecular flexibility index (Phi) is 7.94. The zero-order valence-corrected chi connectivity index (χ0v) is 15.8. The van der Waals surface area contributed by atoms with Crippen molar-refractivity contribution in [3.8, 4) is 0 Å². The van der Waals surface area contributed by atoms with Crippen LogP contribution in [0.2, 0.25) is 0 Å². The van der Waals surface area contributed by atoms with E-state index in [1.165, 1.54) is 13.0 Å². The number of anilines is 1. The average molecular weight is 372 g/mol. The molecule has 9 nitrogen and oxygen atoms in total. The fraction of sp³-hybridized carbons (Fsp3) is 0.533. The van der Waals surface area contributed by atoms with E-state index in [0.717, 1.165) is 0 Å². The highest BCUT2D eigenvalue weighted by atomic mass is 32.2. The highest BCUT2D eigenvalue weighted by molar-refractivity contribution is 7.93. The Bertz CT molecular complexity index is 727. The molecule has 0 unspecified atom stereocenters. The van der Waals surface area contributed by atoms with Crippen molar-refractivity contribution in [2.45, 2.75) is 40.9 Å². The van der Waals surface area contributed by atoms with Crippen LogP contribution < -0.4 is 10.0 Å². The minimum absolute atomic E-state index is 0.0289. The van der Waals surface area contributed by atoms with Gasteiger partial charge in [0.05, 0.1) is 4.91 Å². The lowest BCUT2D eigenvalue weighted by molar-refractivity contribution is -0.142. The Labute approximate surface area is 147 Å². The van der Waals surface area contributed by atoms with Crippen molar-refractivity contribution in [3.63, 3.8) is 0 Å². The first-order valence-electron chi connectivity index (χ1n) is 7.79. The number of hydrogen-bond acceptors (Lipinski definition) is 7. The second kappa shape index (κ2) is 9.44. The quantitative estimate of drug-likeness (QED) is 0.671. The normalized spacial score (nSPS) is 12.3. The number of carbonyl (C=O) groups excluding carboxylic acids is 1. The van der Waals surface area contributed by atoms with Crippen molar-refractivity contribution in [3.05, 3.63) is 28.4 Å². The third-order valence-corrected chi connectivity index (χ3v) is 4.57. The van der Waals surface area contributed by atoms with Gasteiger partial charge in [0, 0.05) is 18.9 Å². The van der Waals surface area contributed by atoms with Crippen molar-refractivity contribution in [2.75, 3.05) is 18.5 Å². The van der Waals surface area contributed by atoms with E-state index < -0.39 is 22.3 Å². The van der Waals surface area contributed by atoms with Crippen molar-refractivity contribution < 1.29 is 22.7 Å². The van der Waals surface area contributed by atoms with Gasteiger partial charge in [-0.15, -0.1) is 0 Å². The lowest BCUT2D eigenvalue weighted by Crippen LogP contribution is -2.35. The number of sulfonamides is 1. The number of hydrogen-bond donors (Lipinski definition) is 2. The second-order valence-corrected chi connectivity index (χ2v) is 6.81. The van der Waals surface area contributed by atoms with Gasteiger partial charge in [0.1, 0.15) is 5.69 Å². The summed E-state index contributed by atoms with van der Waals surface area (Å²) in [5.41, 5.74) is 0.996. The fourth-order valence-electron chi connectivity index (χ4n) is 1.78. The van der Waals surface area contributed by atoms with Crippen molar-refractivity contribution >= 4 is 22.0 Å². The topological polar surface area (TPSA) is 120 Å². The SMILES string of the molecule is CC=C(C)S(=O)(=O)NC(=O)Nc1nc(C)cc(C(OCC)OCC)n1. The number of ether oxygens (including phenoxy) is 2. The number of aryl methyl sites for hydroxylation is 1. The van der Waals surface area contributed by atoms with E-state index in [2.05, 4.69) is 15.3 Å². The minimum Gasteiger partial charge on any atom is -0.347 e. The molecule has 0 aromatic carbocycles. The van der Waals surface area contributed by atoms with Gasteiger partial charge in [0.25, 0.3) is 10.0 Å². The van der Waals surface area contributed by atoms with Crippen LogP contribution in [-0.4, -0.2) is 37.6 Å². The molecule has 2 amide bonds. The van der Waals surface area contributed by atoms with Gasteiger partial charge in [-0.25, -0.2) is 27.9 Å². The molecule has 0 bridgehead atoms. The van der Waals surface area contributed by atoms with Crippen LogP contribution in [0.15, 0.2) is 17.0 Å². The van der Waals surface area contributed by atoms with Gasteiger partial charge in [0.2, 0.25) is 12.2 Å². The van der Waals surface area contributed by atoms with Crippen LogP contribution in [0.5, 0.6) is 0 Å². The predicted molar refractivity (Wildman–Crippen MR) is 93.3 cm³/mol. The summed E-state index contributed by atoms with van der Waals surface area (Å²) >= 11 is 0. The first-order valence-corrected chi connectivity index (χ1v) is 9.27. The van der Waals surface area contributed by atoms with Crippen LogP contribution in [0.3, 0.4) is 0 Å². The highest BCUT2D eigenvalue weighted by Crippen LogP contribution is 2.19. The largest absolute Gasteiger partial charge is 0.347 e. The fourth-order valence-corrected chi connectivity index (χ4v) is 2.54. The number of nitrogens with zero attached hydrogens (tertiary/aromatic N) is 2. The molecule has 1 rings (SSSR count). The van der Waals surface area contributed by atoms with Gasteiger partial charge in [-0.2, -0.15) is 0 Å². The van der Waals surface area contributed by atoms with Crippen LogP contribution in [0.4, 0.5) is 10.7 Å². The van der Waals surface area contributed by atoms with Crippen molar-refractivity contribution in [1.29, 1.82) is 0 Å². The van der Waals surface area contributed by atoms with E-state index in [1.54, 1.807) is 19.9 Å². The van der Waals surface area contributed by atoms with E-state index in [9.17, 15) is 13.2 Å². The molecule has 140 valence electrons. The molecule has 1 aromatic heterocycles. The minimum atomic E-state index is -3.89. The lowest BCUT2D eigenvalue weighted by Gasteiger charge is -2.17. The molecular weight excluding hydrogens is 348 g/mol. The Balaban J connectivity index is 2.97. The summed E-state index contributed by atoms with van der Waals surface area (Å²) in [6.07, 6.45) is 0.681. The average Bonchev–Trinajstić information content (AvgIpc) is 2.52. The molecule has 0 aliphatic carbocycles. The van der Waals surface area contributed by atoms with E-state index in [1.807, 2.05) is 18.6 Å². The summed E-state index contributed by atoms with van der Waals surface area (Å²) in [4.78, 5) is 20.2. The number of aromatic nitrogens is 2. The Hall–Kier alpha value is -2.04. The molecule has 0 saturated carbocycles. The van der Waals surface area contributed by atoms with E-state index >= 15 is 0 Å². The number of carbonyl (C=O) groups is 1. The third kappa shape index (κ3) is 6.40. The van der Waals surface area contributed by atoms with Gasteiger partial charge in [-0.05, 0) is 40.7 Å². The predicted octanol–water partition coefficient (Wildman–Crippen LogP) is 2.23. The van der Waals surface area contributed by atoms with Crippen molar-refractivity contribution in [1.82, 2.24) is 14.7 Å². The molecule has 0 saturated heterocycles. The van der Waals surface area contributed by atoms with Crippen LogP contribution in [0.1, 0.15) is 45.4 Å². The lowest BCUT2D eigenvalue weighted by atomic mass is 10.3. The Morgan fingerprint density at radius 3 is 2.40 bits per heavy atom. The number of rotatable bonds is 8. The summed E-state index contributed by atoms with van der Waals surface area (Å²) in [6, 6.07) is 0.710. The molecule has 0 atom stereocenters. The standard InChI is InChI=1S/C15H24N4O5S/c1-6-11(5)25(21,22)19-15(20)18-14-16-10(4)9-12(17-14)13(23-7-2)24-8-3/h6,9,13H,7-8H2,1-5H3,(H2,16,17,18,19,20). The van der Waals surface area contributed by atoms with Crippen molar-refractivity contribution in [2.24, 2.45) is 0 Å². The van der Waals surface area contributed by atoms with Gasteiger partial charge in [-0.1, -0.05) is 6.08 Å². The van der Waals surface area contributed by atoms with Gasteiger partial charge >= 0.3 is 6.03 Å². The summed E-state index contributed by atoms with van der Waals surface area (Å²) in [5.74, 6) is -0.0507. The summed E-state index contributed by atoms with van der Waals surface area (Å²) < 4.78 is 36.5. The Morgan fingerprint density at radius 2 is 1.88 bits per heavy atom. The number of allylic oxidation sites excluding steroid dienone is 2. The summed E-state index contributed by atoms with van der Waals surface area (Å²) in [6.45, 7) is 9.12. The number of nitrogens with one attached hydrogen (secondary N) is 2. The highest BCUT2D eigenvalue weighted by Gasteiger charge is 2.19. The third-order valence-electron chi connectivity index (χ3n) is 3.03. The molecule has 1 aromatic rings. The first kappa shape index (κ1) is 21.0. The molecule has 0 radical (unpaired) electrons.